The van der Waals surface area contributed by atoms with Gasteiger partial charge in [0.15, 0.2) is 5.11 Å². The average Bonchev–Trinajstić information content (AvgIpc) is 2.75. The summed E-state index contributed by atoms with van der Waals surface area (Å²) in [6.07, 6.45) is 0. The van der Waals surface area contributed by atoms with Crippen LogP contribution in [0.5, 0.6) is 0 Å². The van der Waals surface area contributed by atoms with Gasteiger partial charge in [-0.2, -0.15) is 0 Å². The smallest absolute Gasteiger partial charge is 0.336 e. The summed E-state index contributed by atoms with van der Waals surface area (Å²) in [6.45, 7) is 3.67. The number of anilines is 2. The number of nitro benzene ring substituents is 1. The van der Waals surface area contributed by atoms with E-state index in [1.807, 2.05) is 4.90 Å². The monoisotopic (exact) mass is 444 g/mol. The van der Waals surface area contributed by atoms with Crippen LogP contribution in [0, 0.1) is 17.0 Å². The van der Waals surface area contributed by atoms with Crippen molar-refractivity contribution in [2.24, 2.45) is 0 Å². The molecule has 31 heavy (non-hydrogen) atoms. The molecule has 1 amide bonds. The lowest BCUT2D eigenvalue weighted by atomic mass is 10.1. The lowest BCUT2D eigenvalue weighted by Gasteiger charge is -2.30. The minimum Gasteiger partial charge on any atom is -0.478 e. The minimum absolute atomic E-state index is 0.0601. The number of carbonyl (C=O) groups excluding carboxylic acids is 1. The van der Waals surface area contributed by atoms with Crippen molar-refractivity contribution in [2.45, 2.75) is 6.92 Å². The number of thiocarbonyl (C=S) groups is 1. The van der Waals surface area contributed by atoms with E-state index >= 15 is 0 Å². The van der Waals surface area contributed by atoms with Crippen LogP contribution in [0.25, 0.3) is 0 Å². The normalized spacial score (nSPS) is 13.4. The second-order valence-corrected chi connectivity index (χ2v) is 7.16. The van der Waals surface area contributed by atoms with Crippen molar-refractivity contribution in [1.29, 1.82) is 0 Å². The Kier molecular flexibility index (Phi) is 6.78. The predicted octanol–water partition coefficient (Wildman–Crippen LogP) is 2.56. The molecule has 1 fully saturated rings. The number of nitrogens with zero attached hydrogens (tertiary/aromatic N) is 2. The molecular formula is C20H20N4O6S. The molecule has 1 aliphatic heterocycles. The first kappa shape index (κ1) is 22.1. The van der Waals surface area contributed by atoms with Crippen molar-refractivity contribution in [3.63, 3.8) is 0 Å². The molecule has 0 atom stereocenters. The molecular weight excluding hydrogens is 424 g/mol. The first-order valence-corrected chi connectivity index (χ1v) is 9.75. The number of benzene rings is 2. The summed E-state index contributed by atoms with van der Waals surface area (Å²) in [4.78, 5) is 36.8. The molecule has 0 bridgehead atoms. The van der Waals surface area contributed by atoms with Crippen molar-refractivity contribution in [3.8, 4) is 0 Å². The van der Waals surface area contributed by atoms with Crippen molar-refractivity contribution >= 4 is 46.3 Å². The van der Waals surface area contributed by atoms with Crippen LogP contribution in [-0.4, -0.2) is 53.3 Å². The minimum atomic E-state index is -1.08. The maximum Gasteiger partial charge on any atom is 0.336 e. The molecule has 0 unspecified atom stereocenters. The fourth-order valence-electron chi connectivity index (χ4n) is 3.23. The summed E-state index contributed by atoms with van der Waals surface area (Å²) in [5, 5.41) is 25.7. The number of hydrogen-bond acceptors (Lipinski definition) is 7. The van der Waals surface area contributed by atoms with Gasteiger partial charge >= 0.3 is 5.97 Å². The fraction of sp³-hybridized carbons (Fsp3) is 0.250. The second kappa shape index (κ2) is 9.49. The van der Waals surface area contributed by atoms with E-state index in [9.17, 15) is 24.8 Å². The summed E-state index contributed by atoms with van der Waals surface area (Å²) in [5.41, 5.74) is 1.42. The van der Waals surface area contributed by atoms with Gasteiger partial charge in [-0.05, 0) is 42.9 Å². The number of nitro groups is 1. The molecule has 0 radical (unpaired) electrons. The highest BCUT2D eigenvalue weighted by molar-refractivity contribution is 7.80. The van der Waals surface area contributed by atoms with Crippen LogP contribution < -0.4 is 15.5 Å². The van der Waals surface area contributed by atoms with Crippen LogP contribution >= 0.6 is 12.2 Å². The van der Waals surface area contributed by atoms with Crippen LogP contribution in [0.3, 0.4) is 0 Å². The molecule has 2 aromatic carbocycles. The predicted molar refractivity (Wildman–Crippen MR) is 118 cm³/mol. The molecule has 0 aliphatic carbocycles. The molecule has 0 saturated carbocycles. The van der Waals surface area contributed by atoms with E-state index in [2.05, 4.69) is 10.6 Å². The fourth-order valence-corrected chi connectivity index (χ4v) is 3.43. The number of ether oxygens (including phenoxy) is 1. The molecule has 0 aromatic heterocycles. The van der Waals surface area contributed by atoms with Gasteiger partial charge in [-0.25, -0.2) is 4.79 Å². The van der Waals surface area contributed by atoms with Crippen LogP contribution in [0.2, 0.25) is 0 Å². The highest BCUT2D eigenvalue weighted by Crippen LogP contribution is 2.26. The van der Waals surface area contributed by atoms with Gasteiger partial charge in [0.2, 0.25) is 0 Å². The number of carboxylic acid groups (broad SMARTS) is 1. The Morgan fingerprint density at radius 2 is 1.90 bits per heavy atom. The molecule has 1 heterocycles. The number of non-ortho nitro benzene ring substituents is 1. The highest BCUT2D eigenvalue weighted by atomic mass is 32.1. The quantitative estimate of drug-likeness (QED) is 0.361. The third kappa shape index (κ3) is 5.13. The van der Waals surface area contributed by atoms with Crippen molar-refractivity contribution in [1.82, 2.24) is 5.32 Å². The Morgan fingerprint density at radius 1 is 1.19 bits per heavy atom. The Bertz CT molecular complexity index is 1050. The van der Waals surface area contributed by atoms with Gasteiger partial charge in [0, 0.05) is 30.9 Å². The van der Waals surface area contributed by atoms with Gasteiger partial charge in [-0.3, -0.25) is 20.2 Å². The Morgan fingerprint density at radius 3 is 2.55 bits per heavy atom. The maximum absolute atomic E-state index is 12.9. The zero-order valence-electron chi connectivity index (χ0n) is 16.6. The van der Waals surface area contributed by atoms with E-state index in [0.29, 0.717) is 43.2 Å². The van der Waals surface area contributed by atoms with Crippen molar-refractivity contribution in [2.75, 3.05) is 36.5 Å². The van der Waals surface area contributed by atoms with Gasteiger partial charge in [0.05, 0.1) is 35.0 Å². The van der Waals surface area contributed by atoms with Gasteiger partial charge in [0.1, 0.15) is 0 Å². The molecule has 11 heteroatoms. The van der Waals surface area contributed by atoms with Crippen molar-refractivity contribution in [3.05, 3.63) is 63.2 Å². The zero-order chi connectivity index (χ0) is 22.5. The topological polar surface area (TPSA) is 134 Å². The average molecular weight is 444 g/mol. The molecule has 3 N–H and O–H groups in total. The van der Waals surface area contributed by atoms with Crippen molar-refractivity contribution < 1.29 is 24.4 Å². The van der Waals surface area contributed by atoms with E-state index in [0.717, 1.165) is 0 Å². The molecule has 0 spiro atoms. The summed E-state index contributed by atoms with van der Waals surface area (Å²) in [5.74, 6) is -1.70. The number of morpholine rings is 1. The third-order valence-corrected chi connectivity index (χ3v) is 5.03. The van der Waals surface area contributed by atoms with Crippen LogP contribution in [0.1, 0.15) is 26.3 Å². The number of carbonyl (C=O) groups is 2. The lowest BCUT2D eigenvalue weighted by molar-refractivity contribution is -0.384. The number of amides is 1. The molecule has 162 valence electrons. The Balaban J connectivity index is 1.83. The van der Waals surface area contributed by atoms with Crippen LogP contribution in [-0.2, 0) is 4.74 Å². The molecule has 1 aliphatic rings. The van der Waals surface area contributed by atoms with Gasteiger partial charge in [-0.1, -0.05) is 6.07 Å². The lowest BCUT2D eigenvalue weighted by Crippen LogP contribution is -2.39. The van der Waals surface area contributed by atoms with Crippen LogP contribution in [0.15, 0.2) is 36.4 Å². The Labute approximate surface area is 183 Å². The largest absolute Gasteiger partial charge is 0.478 e. The number of rotatable bonds is 5. The second-order valence-electron chi connectivity index (χ2n) is 6.75. The van der Waals surface area contributed by atoms with Crippen LogP contribution in [0.4, 0.5) is 17.1 Å². The van der Waals surface area contributed by atoms with Gasteiger partial charge in [0.25, 0.3) is 11.6 Å². The van der Waals surface area contributed by atoms with E-state index in [4.69, 9.17) is 17.0 Å². The summed E-state index contributed by atoms with van der Waals surface area (Å²) in [6, 6.07) is 8.74. The summed E-state index contributed by atoms with van der Waals surface area (Å²) in [7, 11) is 0. The summed E-state index contributed by atoms with van der Waals surface area (Å²) >= 11 is 5.21. The molecule has 3 rings (SSSR count). The molecule has 2 aromatic rings. The number of nitrogens with one attached hydrogen (secondary N) is 2. The van der Waals surface area contributed by atoms with E-state index in [1.165, 1.54) is 24.3 Å². The first-order chi connectivity index (χ1) is 14.8. The number of carboxylic acids is 1. The standard InChI is InChI=1S/C20H20N4O6S/c1-12-14(19(26)27)3-2-4-16(12)21-20(31)22-18(25)15-11-13(24(28)29)5-6-17(15)23-7-9-30-10-8-23/h2-6,11H,7-10H2,1H3,(H,26,27)(H2,21,22,25,31). The van der Waals surface area contributed by atoms with Gasteiger partial charge in [-0.15, -0.1) is 0 Å². The number of aromatic carboxylic acids is 1. The Hall–Kier alpha value is -3.57. The van der Waals surface area contributed by atoms with E-state index in [1.54, 1.807) is 19.1 Å². The van der Waals surface area contributed by atoms with E-state index in [-0.39, 0.29) is 21.9 Å². The zero-order valence-corrected chi connectivity index (χ0v) is 17.4. The highest BCUT2D eigenvalue weighted by Gasteiger charge is 2.23. The number of hydrogen-bond donors (Lipinski definition) is 3. The SMILES string of the molecule is Cc1c(NC(=S)NC(=O)c2cc([N+](=O)[O-])ccc2N2CCOCC2)cccc1C(=O)O. The van der Waals surface area contributed by atoms with E-state index < -0.39 is 16.8 Å². The first-order valence-electron chi connectivity index (χ1n) is 9.34. The van der Waals surface area contributed by atoms with Gasteiger partial charge < -0.3 is 20.1 Å². The summed E-state index contributed by atoms with van der Waals surface area (Å²) < 4.78 is 5.33. The molecule has 10 nitrogen and oxygen atoms in total. The maximum atomic E-state index is 12.9. The molecule has 1 saturated heterocycles. The third-order valence-electron chi connectivity index (χ3n) is 4.83.